The maximum atomic E-state index is 11.4. The number of esters is 2. The normalized spacial score (nSPS) is 10.3. The van der Waals surface area contributed by atoms with Gasteiger partial charge in [0.2, 0.25) is 0 Å². The van der Waals surface area contributed by atoms with Gasteiger partial charge in [0.1, 0.15) is 0 Å². The molecule has 18 heavy (non-hydrogen) atoms. The monoisotopic (exact) mass is 249 g/mol. The first-order valence-electron chi connectivity index (χ1n) is 5.09. The van der Waals surface area contributed by atoms with Gasteiger partial charge in [0.15, 0.2) is 11.4 Å². The molecule has 2 aromatic rings. The summed E-state index contributed by atoms with van der Waals surface area (Å²) in [5.74, 6) is -1.37. The Kier molecular flexibility index (Phi) is 2.93. The molecule has 0 fully saturated rings. The van der Waals surface area contributed by atoms with Gasteiger partial charge < -0.3 is 19.6 Å². The summed E-state index contributed by atoms with van der Waals surface area (Å²) in [4.78, 5) is 25.4. The van der Waals surface area contributed by atoms with Gasteiger partial charge in [-0.05, 0) is 18.2 Å². The third kappa shape index (κ3) is 1.77. The number of methoxy groups -OCH3 is 2. The number of hydrogen-bond donors (Lipinski definition) is 2. The highest BCUT2D eigenvalue weighted by molar-refractivity contribution is 6.02. The molecule has 1 aromatic carbocycles. The molecule has 6 heteroatoms. The minimum Gasteiger partial charge on any atom is -0.505 e. The van der Waals surface area contributed by atoms with Crippen LogP contribution in [0.5, 0.6) is 5.75 Å². The average Bonchev–Trinajstić information content (AvgIpc) is 2.73. The van der Waals surface area contributed by atoms with Crippen molar-refractivity contribution in [1.29, 1.82) is 0 Å². The van der Waals surface area contributed by atoms with Gasteiger partial charge in [0.05, 0.1) is 25.3 Å². The molecule has 1 aromatic heterocycles. The summed E-state index contributed by atoms with van der Waals surface area (Å²) in [6.07, 6.45) is 0. The highest BCUT2D eigenvalue weighted by Crippen LogP contribution is 2.29. The number of rotatable bonds is 2. The predicted molar refractivity (Wildman–Crippen MR) is 62.6 cm³/mol. The van der Waals surface area contributed by atoms with Crippen molar-refractivity contribution in [3.05, 3.63) is 29.5 Å². The molecular formula is C12H11NO5. The summed E-state index contributed by atoms with van der Waals surface area (Å²) in [7, 11) is 2.49. The first-order chi connectivity index (χ1) is 8.58. The van der Waals surface area contributed by atoms with Gasteiger partial charge in [-0.3, -0.25) is 0 Å². The molecule has 0 atom stereocenters. The maximum absolute atomic E-state index is 11.4. The Labute approximate surface area is 102 Å². The summed E-state index contributed by atoms with van der Waals surface area (Å²) >= 11 is 0. The third-order valence-corrected chi connectivity index (χ3v) is 2.58. The number of ether oxygens (including phenoxy) is 2. The molecule has 0 aliphatic heterocycles. The second-order valence-corrected chi connectivity index (χ2v) is 3.59. The Balaban J connectivity index is 2.58. The lowest BCUT2D eigenvalue weighted by Crippen LogP contribution is -2.01. The Morgan fingerprint density at radius 3 is 2.44 bits per heavy atom. The van der Waals surface area contributed by atoms with Gasteiger partial charge >= 0.3 is 11.9 Å². The summed E-state index contributed by atoms with van der Waals surface area (Å²) in [6, 6.07) is 4.52. The lowest BCUT2D eigenvalue weighted by Gasteiger charge is -1.98. The van der Waals surface area contributed by atoms with Gasteiger partial charge in [0.25, 0.3) is 0 Å². The van der Waals surface area contributed by atoms with Crippen LogP contribution in [-0.2, 0) is 9.47 Å². The van der Waals surface area contributed by atoms with E-state index in [1.807, 2.05) is 0 Å². The Hall–Kier alpha value is -2.50. The largest absolute Gasteiger partial charge is 0.505 e. The van der Waals surface area contributed by atoms with Gasteiger partial charge in [-0.15, -0.1) is 0 Å². The molecule has 2 N–H and O–H groups in total. The van der Waals surface area contributed by atoms with E-state index in [1.165, 1.54) is 32.4 Å². The van der Waals surface area contributed by atoms with Crippen LogP contribution in [0.15, 0.2) is 18.2 Å². The number of benzene rings is 1. The summed E-state index contributed by atoms with van der Waals surface area (Å²) in [6.45, 7) is 0. The number of carbonyl (C=O) groups excluding carboxylic acids is 2. The Morgan fingerprint density at radius 2 is 1.83 bits per heavy atom. The van der Waals surface area contributed by atoms with Gasteiger partial charge in [-0.2, -0.15) is 0 Å². The lowest BCUT2D eigenvalue weighted by molar-refractivity contribution is 0.0587. The van der Waals surface area contributed by atoms with Crippen molar-refractivity contribution < 1.29 is 24.2 Å². The van der Waals surface area contributed by atoms with Crippen molar-refractivity contribution in [2.75, 3.05) is 14.2 Å². The van der Waals surface area contributed by atoms with E-state index < -0.39 is 11.9 Å². The van der Waals surface area contributed by atoms with E-state index in [2.05, 4.69) is 14.5 Å². The molecule has 0 aliphatic rings. The van der Waals surface area contributed by atoms with Crippen molar-refractivity contribution in [3.63, 3.8) is 0 Å². The topological polar surface area (TPSA) is 88.6 Å². The molecule has 1 heterocycles. The molecule has 0 saturated heterocycles. The second kappa shape index (κ2) is 4.40. The first-order valence-corrected chi connectivity index (χ1v) is 5.09. The van der Waals surface area contributed by atoms with Crippen LogP contribution >= 0.6 is 0 Å². The molecule has 0 amide bonds. The summed E-state index contributed by atoms with van der Waals surface area (Å²) in [5, 5.41) is 10.3. The number of aromatic amines is 1. The summed E-state index contributed by atoms with van der Waals surface area (Å²) < 4.78 is 9.11. The maximum Gasteiger partial charge on any atom is 0.358 e. The standard InChI is InChI=1S/C12H11NO5/c1-17-11(15)6-3-4-7-8(5-6)13-9(10(7)14)12(16)18-2/h3-5,13-14H,1-2H3. The fourth-order valence-corrected chi connectivity index (χ4v) is 1.68. The second-order valence-electron chi connectivity index (χ2n) is 3.59. The smallest absolute Gasteiger partial charge is 0.358 e. The van der Waals surface area contributed by atoms with Crippen LogP contribution in [-0.4, -0.2) is 36.2 Å². The van der Waals surface area contributed by atoms with E-state index in [-0.39, 0.29) is 11.4 Å². The number of carbonyl (C=O) groups is 2. The van der Waals surface area contributed by atoms with Gasteiger partial charge in [-0.1, -0.05) is 0 Å². The molecule has 0 bridgehead atoms. The molecule has 6 nitrogen and oxygen atoms in total. The van der Waals surface area contributed by atoms with E-state index in [0.29, 0.717) is 16.5 Å². The molecule has 0 radical (unpaired) electrons. The van der Waals surface area contributed by atoms with Crippen molar-refractivity contribution in [3.8, 4) is 5.75 Å². The van der Waals surface area contributed by atoms with Crippen molar-refractivity contribution in [1.82, 2.24) is 4.98 Å². The zero-order valence-electron chi connectivity index (χ0n) is 9.81. The molecule has 0 unspecified atom stereocenters. The minimum atomic E-state index is -0.677. The van der Waals surface area contributed by atoms with E-state index in [9.17, 15) is 14.7 Å². The number of fused-ring (bicyclic) bond motifs is 1. The van der Waals surface area contributed by atoms with E-state index in [1.54, 1.807) is 0 Å². The van der Waals surface area contributed by atoms with Crippen molar-refractivity contribution >= 4 is 22.8 Å². The number of nitrogens with one attached hydrogen (secondary N) is 1. The number of H-pyrrole nitrogens is 1. The third-order valence-electron chi connectivity index (χ3n) is 2.58. The van der Waals surface area contributed by atoms with Crippen molar-refractivity contribution in [2.24, 2.45) is 0 Å². The summed E-state index contributed by atoms with van der Waals surface area (Å²) in [5.41, 5.74) is 0.730. The van der Waals surface area contributed by atoms with Gasteiger partial charge in [0, 0.05) is 5.39 Å². The molecule has 0 aliphatic carbocycles. The highest BCUT2D eigenvalue weighted by atomic mass is 16.5. The van der Waals surface area contributed by atoms with E-state index in [4.69, 9.17) is 0 Å². The van der Waals surface area contributed by atoms with Crippen molar-refractivity contribution in [2.45, 2.75) is 0 Å². The van der Waals surface area contributed by atoms with E-state index in [0.717, 1.165) is 0 Å². The van der Waals surface area contributed by atoms with Crippen LogP contribution in [0.4, 0.5) is 0 Å². The fraction of sp³-hybridized carbons (Fsp3) is 0.167. The molecular weight excluding hydrogens is 238 g/mol. The van der Waals surface area contributed by atoms with Crippen LogP contribution < -0.4 is 0 Å². The van der Waals surface area contributed by atoms with Crippen LogP contribution in [0, 0.1) is 0 Å². The first kappa shape index (κ1) is 12.0. The van der Waals surface area contributed by atoms with Crippen LogP contribution in [0.3, 0.4) is 0 Å². The molecule has 2 rings (SSSR count). The molecule has 0 spiro atoms. The number of aromatic nitrogens is 1. The number of aromatic hydroxyl groups is 1. The van der Waals surface area contributed by atoms with E-state index >= 15 is 0 Å². The molecule has 0 saturated carbocycles. The fourth-order valence-electron chi connectivity index (χ4n) is 1.68. The lowest BCUT2D eigenvalue weighted by atomic mass is 10.1. The number of hydrogen-bond acceptors (Lipinski definition) is 5. The van der Waals surface area contributed by atoms with Crippen LogP contribution in [0.1, 0.15) is 20.8 Å². The SMILES string of the molecule is COC(=O)c1ccc2c(O)c(C(=O)OC)[nH]c2c1. The Bertz CT molecular complexity index is 629. The Morgan fingerprint density at radius 1 is 1.17 bits per heavy atom. The van der Waals surface area contributed by atoms with Crippen LogP contribution in [0.25, 0.3) is 10.9 Å². The highest BCUT2D eigenvalue weighted by Gasteiger charge is 2.18. The molecule has 94 valence electrons. The zero-order chi connectivity index (χ0) is 13.3. The predicted octanol–water partition coefficient (Wildman–Crippen LogP) is 1.45. The average molecular weight is 249 g/mol. The van der Waals surface area contributed by atoms with Crippen LogP contribution in [0.2, 0.25) is 0 Å². The zero-order valence-corrected chi connectivity index (χ0v) is 9.81. The minimum absolute atomic E-state index is 0.0467. The van der Waals surface area contributed by atoms with Gasteiger partial charge in [-0.25, -0.2) is 9.59 Å². The quantitative estimate of drug-likeness (QED) is 0.786.